The Labute approximate surface area is 360 Å². The van der Waals surface area contributed by atoms with E-state index in [1.807, 2.05) is 69.8 Å². The molecule has 59 heavy (non-hydrogen) atoms. The second kappa shape index (κ2) is 39.5. The SMILES string of the molecule is CC/C=C\C/C=C\CC(O)/C=C/C=C\C/C=C\C/C=C\CCC(=O)O[C@H](COC(=O)CCCCCCCCCCCCCCCCC)COP(=O)(O)OCC[N+](C)(C)C. The van der Waals surface area contributed by atoms with Gasteiger partial charge in [0.2, 0.25) is 0 Å². The number of carbonyl (C=O) groups excluding carboxylic acids is 2. The fourth-order valence-electron chi connectivity index (χ4n) is 5.77. The van der Waals surface area contributed by atoms with Crippen LogP contribution in [0.4, 0.5) is 0 Å². The molecule has 0 heterocycles. The predicted octanol–water partition coefficient (Wildman–Crippen LogP) is 12.0. The number of phosphoric acid groups is 1. The average Bonchev–Trinajstić information content (AvgIpc) is 3.18. The molecular formula is C48H85NO9P+. The topological polar surface area (TPSA) is 129 Å². The number of hydrogen-bond acceptors (Lipinski definition) is 8. The van der Waals surface area contributed by atoms with E-state index in [9.17, 15) is 24.2 Å². The van der Waals surface area contributed by atoms with Crippen LogP contribution >= 0.6 is 7.82 Å². The van der Waals surface area contributed by atoms with Crippen LogP contribution in [0, 0.1) is 0 Å². The maximum absolute atomic E-state index is 12.7. The largest absolute Gasteiger partial charge is 0.472 e. The monoisotopic (exact) mass is 851 g/mol. The van der Waals surface area contributed by atoms with Crippen molar-refractivity contribution in [3.63, 3.8) is 0 Å². The number of rotatable bonds is 40. The minimum absolute atomic E-state index is 0.00663. The smallest absolute Gasteiger partial charge is 0.462 e. The first-order valence-corrected chi connectivity index (χ1v) is 24.3. The van der Waals surface area contributed by atoms with Crippen molar-refractivity contribution in [1.29, 1.82) is 0 Å². The summed E-state index contributed by atoms with van der Waals surface area (Å²) >= 11 is 0. The van der Waals surface area contributed by atoms with Crippen molar-refractivity contribution in [2.75, 3.05) is 47.5 Å². The number of ether oxygens (including phenoxy) is 2. The van der Waals surface area contributed by atoms with Crippen LogP contribution in [0.25, 0.3) is 0 Å². The average molecular weight is 851 g/mol. The van der Waals surface area contributed by atoms with Gasteiger partial charge < -0.3 is 24.0 Å². The third-order valence-electron chi connectivity index (χ3n) is 9.34. The maximum atomic E-state index is 12.7. The van der Waals surface area contributed by atoms with Crippen LogP contribution in [0.2, 0.25) is 0 Å². The Morgan fingerprint density at radius 1 is 0.627 bits per heavy atom. The van der Waals surface area contributed by atoms with Crippen LogP contribution in [0.1, 0.15) is 162 Å². The van der Waals surface area contributed by atoms with E-state index < -0.39 is 38.6 Å². The van der Waals surface area contributed by atoms with Gasteiger partial charge >= 0.3 is 19.8 Å². The number of nitrogens with zero attached hydrogens (tertiary/aromatic N) is 1. The fraction of sp³-hybridized carbons (Fsp3) is 0.708. The van der Waals surface area contributed by atoms with E-state index in [0.717, 1.165) is 38.5 Å². The van der Waals surface area contributed by atoms with Crippen molar-refractivity contribution < 1.29 is 47.2 Å². The number of unbranched alkanes of at least 4 members (excludes halogenated alkanes) is 14. The zero-order valence-corrected chi connectivity index (χ0v) is 38.7. The zero-order valence-electron chi connectivity index (χ0n) is 37.8. The van der Waals surface area contributed by atoms with Gasteiger partial charge in [-0.15, -0.1) is 0 Å². The van der Waals surface area contributed by atoms with Crippen molar-refractivity contribution in [2.45, 2.75) is 174 Å². The summed E-state index contributed by atoms with van der Waals surface area (Å²) in [6, 6.07) is 0. The Kier molecular flexibility index (Phi) is 37.8. The highest BCUT2D eigenvalue weighted by atomic mass is 31.2. The highest BCUT2D eigenvalue weighted by molar-refractivity contribution is 7.47. The van der Waals surface area contributed by atoms with Gasteiger partial charge in [-0.1, -0.05) is 177 Å². The molecular weight excluding hydrogens is 766 g/mol. The second-order valence-corrected chi connectivity index (χ2v) is 17.7. The highest BCUT2D eigenvalue weighted by Gasteiger charge is 2.27. The summed E-state index contributed by atoms with van der Waals surface area (Å²) in [7, 11) is 1.39. The van der Waals surface area contributed by atoms with Crippen LogP contribution in [0.3, 0.4) is 0 Å². The summed E-state index contributed by atoms with van der Waals surface area (Å²) in [4.78, 5) is 35.4. The van der Waals surface area contributed by atoms with Gasteiger partial charge in [-0.2, -0.15) is 0 Å². The van der Waals surface area contributed by atoms with E-state index in [0.29, 0.717) is 30.3 Å². The van der Waals surface area contributed by atoms with Crippen molar-refractivity contribution in [3.05, 3.63) is 72.9 Å². The van der Waals surface area contributed by atoms with Crippen LogP contribution < -0.4 is 0 Å². The number of allylic oxidation sites excluding steroid dienone is 10. The Morgan fingerprint density at radius 3 is 1.76 bits per heavy atom. The maximum Gasteiger partial charge on any atom is 0.472 e. The lowest BCUT2D eigenvalue weighted by atomic mass is 10.0. The summed E-state index contributed by atoms with van der Waals surface area (Å²) < 4.78 is 34.2. The number of aliphatic hydroxyl groups excluding tert-OH is 1. The first-order valence-electron chi connectivity index (χ1n) is 22.8. The van der Waals surface area contributed by atoms with Crippen LogP contribution in [0.15, 0.2) is 72.9 Å². The summed E-state index contributed by atoms with van der Waals surface area (Å²) in [6.45, 7) is 4.13. The number of esters is 2. The summed E-state index contributed by atoms with van der Waals surface area (Å²) in [5.41, 5.74) is 0. The molecule has 11 heteroatoms. The van der Waals surface area contributed by atoms with Crippen molar-refractivity contribution in [2.24, 2.45) is 0 Å². The zero-order chi connectivity index (χ0) is 43.7. The van der Waals surface area contributed by atoms with Gasteiger partial charge in [-0.25, -0.2) is 4.57 Å². The van der Waals surface area contributed by atoms with Gasteiger partial charge in [-0.05, 0) is 44.9 Å². The number of phosphoric ester groups is 1. The number of likely N-dealkylation sites (N-methyl/N-ethyl adjacent to an activating group) is 1. The van der Waals surface area contributed by atoms with E-state index in [-0.39, 0.29) is 26.1 Å². The molecule has 0 aliphatic rings. The van der Waals surface area contributed by atoms with Crippen molar-refractivity contribution in [1.82, 2.24) is 0 Å². The van der Waals surface area contributed by atoms with E-state index in [4.69, 9.17) is 18.5 Å². The molecule has 0 radical (unpaired) electrons. The van der Waals surface area contributed by atoms with Gasteiger partial charge in [0.15, 0.2) is 6.10 Å². The fourth-order valence-corrected chi connectivity index (χ4v) is 6.51. The molecule has 0 saturated carbocycles. The molecule has 10 nitrogen and oxygen atoms in total. The highest BCUT2D eigenvalue weighted by Crippen LogP contribution is 2.43. The van der Waals surface area contributed by atoms with Gasteiger partial charge in [0, 0.05) is 12.8 Å². The lowest BCUT2D eigenvalue weighted by molar-refractivity contribution is -0.870. The molecule has 0 rings (SSSR count). The van der Waals surface area contributed by atoms with E-state index in [1.54, 1.807) is 6.08 Å². The van der Waals surface area contributed by atoms with Gasteiger partial charge in [0.25, 0.3) is 0 Å². The molecule has 0 aromatic heterocycles. The number of carbonyl (C=O) groups is 2. The first kappa shape index (κ1) is 56.4. The molecule has 0 aliphatic carbocycles. The van der Waals surface area contributed by atoms with Crippen molar-refractivity contribution in [3.8, 4) is 0 Å². The Hall–Kier alpha value is -2.59. The number of aliphatic hydroxyl groups is 1. The third kappa shape index (κ3) is 43.3. The molecule has 3 atom stereocenters. The van der Waals surface area contributed by atoms with E-state index >= 15 is 0 Å². The standard InChI is InChI=1S/C48H84NO9P/c1-6-8-10-12-14-15-16-17-18-19-20-24-27-31-35-39-47(51)55-43-46(44-57-59(53,54)56-42-41-49(3,4)5)58-48(52)40-36-32-28-25-22-21-23-26-30-34-38-45(50)37-33-29-13-11-9-7-2/h9,11,21-22,26,28-30,32-34,38,45-46,50H,6-8,10,12-20,23-25,27,31,35-37,39-44H2,1-5H3/p+1/b11-9-,22-21-,30-26-,32-28-,33-29-,38-34+/t45?,46-/m1/s1. The summed E-state index contributed by atoms with van der Waals surface area (Å²) in [5, 5.41) is 10.0. The predicted molar refractivity (Wildman–Crippen MR) is 244 cm³/mol. The molecule has 0 amide bonds. The lowest BCUT2D eigenvalue weighted by Crippen LogP contribution is -2.37. The Morgan fingerprint density at radius 2 is 1.17 bits per heavy atom. The quantitative estimate of drug-likeness (QED) is 0.0155. The first-order chi connectivity index (χ1) is 28.4. The summed E-state index contributed by atoms with van der Waals surface area (Å²) in [5.74, 6) is -0.928. The van der Waals surface area contributed by atoms with Crippen LogP contribution in [-0.2, 0) is 32.7 Å². The van der Waals surface area contributed by atoms with Crippen LogP contribution in [0.5, 0.6) is 0 Å². The third-order valence-corrected chi connectivity index (χ3v) is 10.3. The minimum Gasteiger partial charge on any atom is -0.462 e. The Bertz CT molecular complexity index is 1250. The van der Waals surface area contributed by atoms with Gasteiger partial charge in [0.1, 0.15) is 19.8 Å². The molecule has 0 aromatic rings. The molecule has 0 fully saturated rings. The molecule has 0 aliphatic heterocycles. The minimum atomic E-state index is -4.41. The second-order valence-electron chi connectivity index (χ2n) is 16.3. The molecule has 0 bridgehead atoms. The molecule has 340 valence electrons. The van der Waals surface area contributed by atoms with E-state index in [2.05, 4.69) is 32.1 Å². The molecule has 0 aromatic carbocycles. The van der Waals surface area contributed by atoms with Gasteiger partial charge in [0.05, 0.1) is 33.9 Å². The number of quaternary nitrogens is 1. The lowest BCUT2D eigenvalue weighted by Gasteiger charge is -2.24. The summed E-state index contributed by atoms with van der Waals surface area (Å²) in [6.07, 6.45) is 45.6. The number of hydrogen-bond donors (Lipinski definition) is 2. The molecule has 0 saturated heterocycles. The Balaban J connectivity index is 4.53. The van der Waals surface area contributed by atoms with E-state index in [1.165, 1.54) is 77.0 Å². The molecule has 2 N–H and O–H groups in total. The van der Waals surface area contributed by atoms with Crippen molar-refractivity contribution >= 4 is 19.8 Å². The van der Waals surface area contributed by atoms with Gasteiger partial charge in [-0.3, -0.25) is 18.6 Å². The van der Waals surface area contributed by atoms with Crippen LogP contribution in [-0.4, -0.2) is 86.1 Å². The molecule has 0 spiro atoms. The normalized spacial score (nSPS) is 14.8. The molecule has 2 unspecified atom stereocenters.